The van der Waals surface area contributed by atoms with E-state index in [0.717, 1.165) is 38.8 Å². The van der Waals surface area contributed by atoms with Gasteiger partial charge in [0.05, 0.1) is 25.3 Å². The first-order chi connectivity index (χ1) is 9.69. The van der Waals surface area contributed by atoms with Crippen molar-refractivity contribution >= 4 is 5.97 Å². The lowest BCUT2D eigenvalue weighted by Crippen LogP contribution is -2.38. The molecule has 0 aromatic carbocycles. The van der Waals surface area contributed by atoms with Crippen molar-refractivity contribution in [3.63, 3.8) is 0 Å². The van der Waals surface area contributed by atoms with E-state index in [1.165, 1.54) is 5.56 Å². The summed E-state index contributed by atoms with van der Waals surface area (Å²) in [6.07, 6.45) is 8.03. The number of aryl methyl sites for hydroxylation is 1. The van der Waals surface area contributed by atoms with Crippen LogP contribution in [0.2, 0.25) is 0 Å². The van der Waals surface area contributed by atoms with Crippen molar-refractivity contribution < 1.29 is 9.53 Å². The zero-order valence-electron chi connectivity index (χ0n) is 12.5. The molecule has 2 rings (SSSR count). The van der Waals surface area contributed by atoms with Crippen LogP contribution in [0.15, 0.2) is 12.4 Å². The van der Waals surface area contributed by atoms with Gasteiger partial charge in [-0.05, 0) is 38.7 Å². The number of nitrogens with one attached hydrogen (secondary N) is 1. The van der Waals surface area contributed by atoms with E-state index in [1.54, 1.807) is 0 Å². The van der Waals surface area contributed by atoms with Gasteiger partial charge in [0, 0.05) is 18.8 Å². The highest BCUT2D eigenvalue weighted by molar-refractivity contribution is 5.72. The molecular formula is C15H25N3O2. The van der Waals surface area contributed by atoms with Crippen LogP contribution in [0, 0.1) is 12.8 Å². The molecule has 1 saturated carbocycles. The van der Waals surface area contributed by atoms with E-state index >= 15 is 0 Å². The number of hydrogen-bond acceptors (Lipinski definition) is 4. The Morgan fingerprint density at radius 2 is 2.40 bits per heavy atom. The third kappa shape index (κ3) is 4.34. The molecule has 0 radical (unpaired) electrons. The molecule has 1 fully saturated rings. The minimum Gasteiger partial charge on any atom is -0.466 e. The highest BCUT2D eigenvalue weighted by atomic mass is 16.5. The minimum absolute atomic E-state index is 0.0262. The van der Waals surface area contributed by atoms with Gasteiger partial charge >= 0.3 is 5.97 Å². The predicted octanol–water partition coefficient (Wildman–Crippen LogP) is 1.90. The molecule has 1 aromatic rings. The van der Waals surface area contributed by atoms with Gasteiger partial charge in [0.2, 0.25) is 0 Å². The molecular weight excluding hydrogens is 254 g/mol. The number of ether oxygens (including phenoxy) is 1. The monoisotopic (exact) mass is 279 g/mol. The molecule has 20 heavy (non-hydrogen) atoms. The summed E-state index contributed by atoms with van der Waals surface area (Å²) in [6.45, 7) is 6.15. The standard InChI is InChI=1S/C15H25N3O2/c1-3-20-15(19)13-5-4-6-14(9-13)16-7-8-18-11-12(2)10-17-18/h10-11,13-14,16H,3-9H2,1-2H3. The Bertz CT molecular complexity index is 431. The predicted molar refractivity (Wildman–Crippen MR) is 77.3 cm³/mol. The van der Waals surface area contributed by atoms with Gasteiger partial charge < -0.3 is 10.1 Å². The maximum Gasteiger partial charge on any atom is 0.308 e. The van der Waals surface area contributed by atoms with Gasteiger partial charge in [-0.3, -0.25) is 9.48 Å². The molecule has 2 atom stereocenters. The quantitative estimate of drug-likeness (QED) is 0.808. The third-order valence-electron chi connectivity index (χ3n) is 3.83. The topological polar surface area (TPSA) is 56.1 Å². The number of hydrogen-bond donors (Lipinski definition) is 1. The number of aromatic nitrogens is 2. The highest BCUT2D eigenvalue weighted by Gasteiger charge is 2.27. The van der Waals surface area contributed by atoms with Crippen LogP contribution in [-0.2, 0) is 16.1 Å². The van der Waals surface area contributed by atoms with Crippen molar-refractivity contribution in [2.75, 3.05) is 13.2 Å². The molecule has 1 aliphatic carbocycles. The molecule has 0 saturated heterocycles. The number of carbonyl (C=O) groups is 1. The fourth-order valence-corrected chi connectivity index (χ4v) is 2.82. The van der Waals surface area contributed by atoms with Crippen molar-refractivity contribution in [2.24, 2.45) is 5.92 Å². The largest absolute Gasteiger partial charge is 0.466 e. The van der Waals surface area contributed by atoms with E-state index in [2.05, 4.69) is 10.4 Å². The highest BCUT2D eigenvalue weighted by Crippen LogP contribution is 2.25. The third-order valence-corrected chi connectivity index (χ3v) is 3.83. The first-order valence-electron chi connectivity index (χ1n) is 7.58. The molecule has 1 N–H and O–H groups in total. The molecule has 5 heteroatoms. The van der Waals surface area contributed by atoms with Crippen LogP contribution >= 0.6 is 0 Å². The summed E-state index contributed by atoms with van der Waals surface area (Å²) < 4.78 is 7.08. The fraction of sp³-hybridized carbons (Fsp3) is 0.733. The van der Waals surface area contributed by atoms with Crippen LogP contribution in [-0.4, -0.2) is 34.9 Å². The molecule has 1 heterocycles. The summed E-state index contributed by atoms with van der Waals surface area (Å²) in [7, 11) is 0. The second-order valence-electron chi connectivity index (χ2n) is 5.55. The minimum atomic E-state index is -0.0262. The van der Waals surface area contributed by atoms with Gasteiger partial charge in [0.15, 0.2) is 0 Å². The SMILES string of the molecule is CCOC(=O)C1CCCC(NCCn2cc(C)cn2)C1. The molecule has 0 bridgehead atoms. The van der Waals surface area contributed by atoms with Crippen LogP contribution < -0.4 is 5.32 Å². The van der Waals surface area contributed by atoms with Crippen molar-refractivity contribution in [1.29, 1.82) is 0 Å². The maximum absolute atomic E-state index is 11.8. The summed E-state index contributed by atoms with van der Waals surface area (Å²) >= 11 is 0. The normalized spacial score (nSPS) is 22.7. The Morgan fingerprint density at radius 3 is 3.10 bits per heavy atom. The van der Waals surface area contributed by atoms with E-state index in [0.29, 0.717) is 12.6 Å². The van der Waals surface area contributed by atoms with Crippen LogP contribution in [0.4, 0.5) is 0 Å². The van der Waals surface area contributed by atoms with Crippen molar-refractivity contribution in [1.82, 2.24) is 15.1 Å². The molecule has 2 unspecified atom stereocenters. The zero-order valence-corrected chi connectivity index (χ0v) is 12.5. The number of carbonyl (C=O) groups excluding carboxylic acids is 1. The second kappa shape index (κ2) is 7.43. The Balaban J connectivity index is 1.71. The average Bonchev–Trinajstić information content (AvgIpc) is 2.85. The molecule has 0 aliphatic heterocycles. The van der Waals surface area contributed by atoms with Gasteiger partial charge in [-0.15, -0.1) is 0 Å². The van der Waals surface area contributed by atoms with Crippen LogP contribution in [0.5, 0.6) is 0 Å². The van der Waals surface area contributed by atoms with Gasteiger partial charge in [-0.1, -0.05) is 6.42 Å². The van der Waals surface area contributed by atoms with Crippen LogP contribution in [0.25, 0.3) is 0 Å². The first-order valence-corrected chi connectivity index (χ1v) is 7.58. The van der Waals surface area contributed by atoms with E-state index in [9.17, 15) is 4.79 Å². The number of esters is 1. The van der Waals surface area contributed by atoms with Crippen molar-refractivity contribution in [2.45, 2.75) is 52.1 Å². The Labute approximate surface area is 120 Å². The molecule has 0 spiro atoms. The van der Waals surface area contributed by atoms with Gasteiger partial charge in [-0.25, -0.2) is 0 Å². The van der Waals surface area contributed by atoms with E-state index in [4.69, 9.17) is 4.74 Å². The summed E-state index contributed by atoms with van der Waals surface area (Å²) in [5, 5.41) is 7.81. The van der Waals surface area contributed by atoms with Crippen LogP contribution in [0.3, 0.4) is 0 Å². The summed E-state index contributed by atoms with van der Waals surface area (Å²) in [5.74, 6) is 0.0508. The molecule has 5 nitrogen and oxygen atoms in total. The van der Waals surface area contributed by atoms with Crippen molar-refractivity contribution in [3.8, 4) is 0 Å². The summed E-state index contributed by atoms with van der Waals surface area (Å²) in [4.78, 5) is 11.8. The summed E-state index contributed by atoms with van der Waals surface area (Å²) in [5.41, 5.74) is 1.19. The molecule has 112 valence electrons. The fourth-order valence-electron chi connectivity index (χ4n) is 2.82. The van der Waals surface area contributed by atoms with Gasteiger partial charge in [0.25, 0.3) is 0 Å². The van der Waals surface area contributed by atoms with Crippen LogP contribution in [0.1, 0.15) is 38.2 Å². The van der Waals surface area contributed by atoms with Crippen molar-refractivity contribution in [3.05, 3.63) is 18.0 Å². The Hall–Kier alpha value is -1.36. The van der Waals surface area contributed by atoms with Gasteiger partial charge in [-0.2, -0.15) is 5.10 Å². The first kappa shape index (κ1) is 15.0. The van der Waals surface area contributed by atoms with Gasteiger partial charge in [0.1, 0.15) is 0 Å². The number of nitrogens with zero attached hydrogens (tertiary/aromatic N) is 2. The molecule has 1 aliphatic rings. The lowest BCUT2D eigenvalue weighted by molar-refractivity contribution is -0.149. The molecule has 0 amide bonds. The molecule has 1 aromatic heterocycles. The van der Waals surface area contributed by atoms with E-state index < -0.39 is 0 Å². The van der Waals surface area contributed by atoms with E-state index in [1.807, 2.05) is 30.9 Å². The lowest BCUT2D eigenvalue weighted by atomic mass is 9.86. The smallest absolute Gasteiger partial charge is 0.308 e. The average molecular weight is 279 g/mol. The zero-order chi connectivity index (χ0) is 14.4. The number of rotatable bonds is 6. The summed E-state index contributed by atoms with van der Waals surface area (Å²) in [6, 6.07) is 0.426. The lowest BCUT2D eigenvalue weighted by Gasteiger charge is -2.28. The Kier molecular flexibility index (Phi) is 5.59. The second-order valence-corrected chi connectivity index (χ2v) is 5.55. The maximum atomic E-state index is 11.8. The Morgan fingerprint density at radius 1 is 1.55 bits per heavy atom. The van der Waals surface area contributed by atoms with E-state index in [-0.39, 0.29) is 11.9 Å².